The van der Waals surface area contributed by atoms with Gasteiger partial charge < -0.3 is 20.9 Å². The summed E-state index contributed by atoms with van der Waals surface area (Å²) in [6.45, 7) is 1.88. The van der Waals surface area contributed by atoms with Gasteiger partial charge in [0.2, 0.25) is 5.91 Å². The lowest BCUT2D eigenvalue weighted by Gasteiger charge is -2.38. The van der Waals surface area contributed by atoms with Crippen molar-refractivity contribution in [3.63, 3.8) is 0 Å². The Kier molecular flexibility index (Phi) is 4.69. The van der Waals surface area contributed by atoms with Crippen molar-refractivity contribution in [3.05, 3.63) is 28.8 Å². The SMILES string of the molecule is CN(C)C(=O)C1CNCCN1c1ccc(Cl)cc1C(N)=O. The Balaban J connectivity index is 2.42. The van der Waals surface area contributed by atoms with E-state index >= 15 is 0 Å². The quantitative estimate of drug-likeness (QED) is 0.842. The second-order valence-electron chi connectivity index (χ2n) is 5.17. The molecule has 1 atom stereocenters. The second kappa shape index (κ2) is 6.32. The number of nitrogens with zero attached hydrogens (tertiary/aromatic N) is 2. The van der Waals surface area contributed by atoms with Gasteiger partial charge in [0.15, 0.2) is 0 Å². The molecule has 6 nitrogen and oxygen atoms in total. The maximum Gasteiger partial charge on any atom is 0.250 e. The molecule has 0 bridgehead atoms. The highest BCUT2D eigenvalue weighted by Crippen LogP contribution is 2.27. The molecule has 21 heavy (non-hydrogen) atoms. The monoisotopic (exact) mass is 310 g/mol. The van der Waals surface area contributed by atoms with E-state index in [4.69, 9.17) is 17.3 Å². The van der Waals surface area contributed by atoms with E-state index in [0.717, 1.165) is 6.54 Å². The lowest BCUT2D eigenvalue weighted by atomic mass is 10.1. The van der Waals surface area contributed by atoms with Crippen molar-refractivity contribution in [1.82, 2.24) is 10.2 Å². The molecule has 1 aliphatic heterocycles. The summed E-state index contributed by atoms with van der Waals surface area (Å²) in [6.07, 6.45) is 0. The number of nitrogens with two attached hydrogens (primary N) is 1. The average Bonchev–Trinajstić information content (AvgIpc) is 2.46. The lowest BCUT2D eigenvalue weighted by molar-refractivity contribution is -0.130. The van der Waals surface area contributed by atoms with Crippen LogP contribution in [0.2, 0.25) is 5.02 Å². The molecule has 114 valence electrons. The maximum atomic E-state index is 12.3. The van der Waals surface area contributed by atoms with Crippen molar-refractivity contribution < 1.29 is 9.59 Å². The Morgan fingerprint density at radius 3 is 2.76 bits per heavy atom. The van der Waals surface area contributed by atoms with Crippen LogP contribution in [0.3, 0.4) is 0 Å². The first kappa shape index (κ1) is 15.6. The van der Waals surface area contributed by atoms with E-state index in [9.17, 15) is 9.59 Å². The Hall–Kier alpha value is -1.79. The van der Waals surface area contributed by atoms with Crippen LogP contribution in [0.1, 0.15) is 10.4 Å². The number of amides is 2. The highest BCUT2D eigenvalue weighted by atomic mass is 35.5. The van der Waals surface area contributed by atoms with E-state index in [1.807, 2.05) is 4.90 Å². The summed E-state index contributed by atoms with van der Waals surface area (Å²) in [4.78, 5) is 27.4. The molecule has 0 saturated carbocycles. The van der Waals surface area contributed by atoms with Crippen molar-refractivity contribution in [1.29, 1.82) is 0 Å². The van der Waals surface area contributed by atoms with Crippen LogP contribution in [-0.4, -0.2) is 56.5 Å². The number of hydrogen-bond acceptors (Lipinski definition) is 4. The number of rotatable bonds is 3. The van der Waals surface area contributed by atoms with Gasteiger partial charge in [-0.3, -0.25) is 9.59 Å². The van der Waals surface area contributed by atoms with E-state index in [1.165, 1.54) is 0 Å². The summed E-state index contributed by atoms with van der Waals surface area (Å²) in [5.41, 5.74) is 6.42. The summed E-state index contributed by atoms with van der Waals surface area (Å²) in [7, 11) is 3.43. The maximum absolute atomic E-state index is 12.3. The van der Waals surface area contributed by atoms with Crippen molar-refractivity contribution in [3.8, 4) is 0 Å². The summed E-state index contributed by atoms with van der Waals surface area (Å²) in [5.74, 6) is -0.574. The largest absolute Gasteiger partial charge is 0.366 e. The third-order valence-electron chi connectivity index (χ3n) is 3.50. The number of anilines is 1. The van der Waals surface area contributed by atoms with Gasteiger partial charge in [0.1, 0.15) is 6.04 Å². The molecule has 2 amide bonds. The number of likely N-dealkylation sites (N-methyl/N-ethyl adjacent to an activating group) is 1. The Bertz CT molecular complexity index is 562. The molecule has 0 spiro atoms. The summed E-state index contributed by atoms with van der Waals surface area (Å²) in [6, 6.07) is 4.61. The summed E-state index contributed by atoms with van der Waals surface area (Å²) >= 11 is 5.94. The fourth-order valence-corrected chi connectivity index (χ4v) is 2.64. The predicted octanol–water partition coefficient (Wildman–Crippen LogP) is 0.305. The van der Waals surface area contributed by atoms with E-state index in [1.54, 1.807) is 37.2 Å². The van der Waals surface area contributed by atoms with Crippen molar-refractivity contribution in [2.75, 3.05) is 38.6 Å². The standard InChI is InChI=1S/C14H19ClN4O2/c1-18(2)14(21)12-8-17-5-6-19(12)11-4-3-9(15)7-10(11)13(16)20/h3-4,7,12,17H,5-6,8H2,1-2H3,(H2,16,20). The molecule has 0 aromatic heterocycles. The van der Waals surface area contributed by atoms with Crippen molar-refractivity contribution >= 4 is 29.1 Å². The molecule has 2 rings (SSSR count). The number of nitrogens with one attached hydrogen (secondary N) is 1. The van der Waals surface area contributed by atoms with Crippen molar-refractivity contribution in [2.24, 2.45) is 5.73 Å². The van der Waals surface area contributed by atoms with E-state index < -0.39 is 5.91 Å². The van der Waals surface area contributed by atoms with Crippen LogP contribution in [0.4, 0.5) is 5.69 Å². The molecule has 1 saturated heterocycles. The summed E-state index contributed by atoms with van der Waals surface area (Å²) in [5, 5.41) is 3.64. The Morgan fingerprint density at radius 2 is 2.14 bits per heavy atom. The normalized spacial score (nSPS) is 18.4. The zero-order valence-corrected chi connectivity index (χ0v) is 12.9. The third kappa shape index (κ3) is 3.28. The molecule has 1 aromatic rings. The molecule has 1 aliphatic rings. The molecule has 0 radical (unpaired) electrons. The number of carbonyl (C=O) groups excluding carboxylic acids is 2. The molecular weight excluding hydrogens is 292 g/mol. The third-order valence-corrected chi connectivity index (χ3v) is 3.74. The van der Waals surface area contributed by atoms with Crippen LogP contribution in [-0.2, 0) is 4.79 Å². The molecule has 1 aromatic carbocycles. The first-order valence-electron chi connectivity index (χ1n) is 6.69. The van der Waals surface area contributed by atoms with Gasteiger partial charge in [0.25, 0.3) is 5.91 Å². The van der Waals surface area contributed by atoms with E-state index in [2.05, 4.69) is 5.32 Å². The molecular formula is C14H19ClN4O2. The van der Waals surface area contributed by atoms with Crippen LogP contribution >= 0.6 is 11.6 Å². The highest BCUT2D eigenvalue weighted by molar-refractivity contribution is 6.31. The minimum atomic E-state index is -0.554. The molecule has 1 heterocycles. The minimum absolute atomic E-state index is 0.0208. The topological polar surface area (TPSA) is 78.7 Å². The van der Waals surface area contributed by atoms with Crippen LogP contribution in [0.5, 0.6) is 0 Å². The highest BCUT2D eigenvalue weighted by Gasteiger charge is 2.31. The van der Waals surface area contributed by atoms with Gasteiger partial charge in [-0.05, 0) is 18.2 Å². The molecule has 1 fully saturated rings. The fourth-order valence-electron chi connectivity index (χ4n) is 2.47. The van der Waals surface area contributed by atoms with Crippen molar-refractivity contribution in [2.45, 2.75) is 6.04 Å². The number of primary amides is 1. The van der Waals surface area contributed by atoms with E-state index in [0.29, 0.717) is 29.4 Å². The minimum Gasteiger partial charge on any atom is -0.366 e. The zero-order valence-electron chi connectivity index (χ0n) is 12.1. The van der Waals surface area contributed by atoms with Gasteiger partial charge in [-0.1, -0.05) is 11.6 Å². The molecule has 3 N–H and O–H groups in total. The number of halogens is 1. The van der Waals surface area contributed by atoms with Crippen LogP contribution in [0.15, 0.2) is 18.2 Å². The van der Waals surface area contributed by atoms with Gasteiger partial charge in [0, 0.05) is 38.8 Å². The smallest absolute Gasteiger partial charge is 0.250 e. The average molecular weight is 311 g/mol. The fraction of sp³-hybridized carbons (Fsp3) is 0.429. The second-order valence-corrected chi connectivity index (χ2v) is 5.61. The molecule has 7 heteroatoms. The molecule has 0 aliphatic carbocycles. The number of piperazine rings is 1. The first-order chi connectivity index (χ1) is 9.91. The summed E-state index contributed by atoms with van der Waals surface area (Å²) < 4.78 is 0. The van der Waals surface area contributed by atoms with Gasteiger partial charge in [-0.25, -0.2) is 0 Å². The van der Waals surface area contributed by atoms with Gasteiger partial charge in [-0.15, -0.1) is 0 Å². The van der Waals surface area contributed by atoms with Gasteiger partial charge in [-0.2, -0.15) is 0 Å². The molecule has 1 unspecified atom stereocenters. The van der Waals surface area contributed by atoms with Gasteiger partial charge in [0.05, 0.1) is 11.3 Å². The number of benzene rings is 1. The van der Waals surface area contributed by atoms with E-state index in [-0.39, 0.29) is 11.9 Å². The number of carbonyl (C=O) groups is 2. The predicted molar refractivity (Wildman–Crippen MR) is 82.7 cm³/mol. The Morgan fingerprint density at radius 1 is 1.43 bits per heavy atom. The van der Waals surface area contributed by atoms with Crippen LogP contribution in [0, 0.1) is 0 Å². The zero-order chi connectivity index (χ0) is 15.6. The van der Waals surface area contributed by atoms with Crippen LogP contribution < -0.4 is 16.0 Å². The lowest BCUT2D eigenvalue weighted by Crippen LogP contribution is -2.58. The van der Waals surface area contributed by atoms with Gasteiger partial charge >= 0.3 is 0 Å². The number of hydrogen-bond donors (Lipinski definition) is 2. The first-order valence-corrected chi connectivity index (χ1v) is 7.07. The Labute approximate surface area is 128 Å². The van der Waals surface area contributed by atoms with Crippen LogP contribution in [0.25, 0.3) is 0 Å².